The third-order valence-corrected chi connectivity index (χ3v) is 11.1. The van der Waals surface area contributed by atoms with E-state index in [9.17, 15) is 19.5 Å². The summed E-state index contributed by atoms with van der Waals surface area (Å²) in [6.07, 6.45) is 8.28. The molecule has 5 heterocycles. The Bertz CT molecular complexity index is 1470. The van der Waals surface area contributed by atoms with Gasteiger partial charge in [-0.3, -0.25) is 14.5 Å². The lowest BCUT2D eigenvalue weighted by Gasteiger charge is -2.49. The number of hydrogen-bond acceptors (Lipinski definition) is 15. The van der Waals surface area contributed by atoms with Gasteiger partial charge < -0.3 is 25.9 Å². The zero-order chi connectivity index (χ0) is 31.3. The van der Waals surface area contributed by atoms with Crippen LogP contribution in [0.2, 0.25) is 0 Å². The van der Waals surface area contributed by atoms with Crippen LogP contribution in [0.5, 0.6) is 0 Å². The van der Waals surface area contributed by atoms with Gasteiger partial charge in [-0.25, -0.2) is 9.48 Å². The van der Waals surface area contributed by atoms with E-state index in [-0.39, 0.29) is 28.5 Å². The second kappa shape index (κ2) is 14.4. The van der Waals surface area contributed by atoms with E-state index in [4.69, 9.17) is 10.6 Å². The van der Waals surface area contributed by atoms with Gasteiger partial charge in [-0.15, -0.1) is 16.9 Å². The second-order valence-corrected chi connectivity index (χ2v) is 14.1. The molecule has 3 aliphatic heterocycles. The van der Waals surface area contributed by atoms with Gasteiger partial charge in [0.1, 0.15) is 23.2 Å². The van der Waals surface area contributed by atoms with Crippen LogP contribution in [0.15, 0.2) is 21.6 Å². The first-order chi connectivity index (χ1) is 21.9. The number of anilines is 1. The van der Waals surface area contributed by atoms with Gasteiger partial charge in [0.25, 0.3) is 11.8 Å². The van der Waals surface area contributed by atoms with Crippen molar-refractivity contribution in [3.8, 4) is 0 Å². The molecular weight excluding hydrogens is 643 g/mol. The molecule has 0 spiro atoms. The number of tetrazole rings is 1. The maximum atomic E-state index is 13.3. The zero-order valence-electron chi connectivity index (χ0n) is 24.5. The van der Waals surface area contributed by atoms with Crippen molar-refractivity contribution in [2.45, 2.75) is 80.6 Å². The molecule has 2 aromatic heterocycles. The number of nitrogen functional groups attached to an aromatic ring is 1. The Morgan fingerprint density at radius 3 is 2.69 bits per heavy atom. The fourth-order valence-electron chi connectivity index (χ4n) is 5.86. The number of β-lactam (4-membered cyclic amide) rings is 1. The molecule has 2 atom stereocenters. The Labute approximate surface area is 271 Å². The third-order valence-electron chi connectivity index (χ3n) is 8.17. The summed E-state index contributed by atoms with van der Waals surface area (Å²) < 4.78 is 5.84. The highest BCUT2D eigenvalue weighted by Crippen LogP contribution is 2.41. The fraction of sp³-hybridized carbons (Fsp3) is 0.654. The molecule has 4 aliphatic rings. The van der Waals surface area contributed by atoms with E-state index in [2.05, 4.69) is 40.3 Å². The van der Waals surface area contributed by atoms with E-state index in [1.807, 2.05) is 0 Å². The first-order valence-corrected chi connectivity index (χ1v) is 17.9. The predicted octanol–water partition coefficient (Wildman–Crippen LogP) is 1.18. The normalized spacial score (nSPS) is 22.8. The van der Waals surface area contributed by atoms with Gasteiger partial charge in [0.15, 0.2) is 5.13 Å². The SMILES string of the molecule is Nc1nc(C(=NOC2CCCC2)C(=O)NC2C(=O)N3C(C(=O)O)=C(CSc4nnnn4CCCN4CCCCC4)CS[C@@H]23)ns1. The van der Waals surface area contributed by atoms with Crippen LogP contribution in [0.3, 0.4) is 0 Å². The average molecular weight is 678 g/mol. The van der Waals surface area contributed by atoms with Crippen LogP contribution < -0.4 is 11.1 Å². The maximum Gasteiger partial charge on any atom is 0.352 e. The van der Waals surface area contributed by atoms with Crippen molar-refractivity contribution in [2.24, 2.45) is 5.16 Å². The summed E-state index contributed by atoms with van der Waals surface area (Å²) >= 11 is 3.64. The molecule has 3 fully saturated rings. The molecule has 242 valence electrons. The van der Waals surface area contributed by atoms with Gasteiger partial charge in [-0.05, 0) is 80.6 Å². The fourth-order valence-corrected chi connectivity index (χ4v) is 8.68. The lowest BCUT2D eigenvalue weighted by molar-refractivity contribution is -0.150. The summed E-state index contributed by atoms with van der Waals surface area (Å²) in [7, 11) is 0. The van der Waals surface area contributed by atoms with Gasteiger partial charge in [0.05, 0.1) is 0 Å². The standard InChI is InChI=1S/C26H35N11O5S3/c27-25-29-20(32-45-25)17(31-42-16-7-2-3-8-16)21(38)28-18-22(39)37-19(24(40)41)15(13-43-23(18)37)14-44-26-30-33-34-36(26)12-6-11-35-9-4-1-5-10-35/h16,18,23H,1-14H2,(H,28,38)(H,40,41)(H2,27,29,32)/t18?,23-/m0/s1. The number of aliphatic carboxylic acids is 1. The van der Waals surface area contributed by atoms with Crippen LogP contribution in [-0.4, -0.2) is 117 Å². The minimum atomic E-state index is -1.20. The minimum Gasteiger partial charge on any atom is -0.477 e. The Kier molecular flexibility index (Phi) is 10.2. The summed E-state index contributed by atoms with van der Waals surface area (Å²) in [5.41, 5.74) is 6.07. The number of aryl methyl sites for hydroxylation is 1. The Balaban J connectivity index is 1.08. The molecule has 1 saturated carbocycles. The molecule has 0 bridgehead atoms. The number of oxime groups is 1. The van der Waals surface area contributed by atoms with E-state index in [1.54, 1.807) is 4.68 Å². The van der Waals surface area contributed by atoms with Gasteiger partial charge >= 0.3 is 5.97 Å². The number of carbonyl (C=O) groups is 3. The number of nitrogens with one attached hydrogen (secondary N) is 1. The minimum absolute atomic E-state index is 0.00666. The number of rotatable bonds is 13. The van der Waals surface area contributed by atoms with Crippen LogP contribution in [0.1, 0.15) is 57.2 Å². The number of piperidine rings is 1. The number of likely N-dealkylation sites (tertiary alicyclic amines) is 1. The van der Waals surface area contributed by atoms with Crippen molar-refractivity contribution in [1.29, 1.82) is 0 Å². The molecule has 45 heavy (non-hydrogen) atoms. The number of fused-ring (bicyclic) bond motifs is 1. The summed E-state index contributed by atoms with van der Waals surface area (Å²) in [6.45, 7) is 3.91. The molecule has 1 aliphatic carbocycles. The van der Waals surface area contributed by atoms with E-state index in [0.717, 1.165) is 63.3 Å². The first-order valence-electron chi connectivity index (χ1n) is 15.0. The molecule has 2 saturated heterocycles. The summed E-state index contributed by atoms with van der Waals surface area (Å²) in [4.78, 5) is 52.4. The molecule has 0 radical (unpaired) electrons. The highest BCUT2D eigenvalue weighted by molar-refractivity contribution is 8.01. The summed E-state index contributed by atoms with van der Waals surface area (Å²) in [5.74, 6) is -1.75. The highest BCUT2D eigenvalue weighted by atomic mass is 32.2. The average Bonchev–Trinajstić information content (AvgIpc) is 3.82. The molecule has 16 nitrogen and oxygen atoms in total. The van der Waals surface area contributed by atoms with Crippen molar-refractivity contribution in [3.05, 3.63) is 17.1 Å². The van der Waals surface area contributed by atoms with Crippen LogP contribution in [0, 0.1) is 0 Å². The Morgan fingerprint density at radius 2 is 1.96 bits per heavy atom. The van der Waals surface area contributed by atoms with Crippen LogP contribution in [0.4, 0.5) is 5.13 Å². The van der Waals surface area contributed by atoms with Crippen LogP contribution in [0.25, 0.3) is 0 Å². The number of carboxylic acid groups (broad SMARTS) is 1. The Morgan fingerprint density at radius 1 is 1.16 bits per heavy atom. The quantitative estimate of drug-likeness (QED) is 0.118. The number of thioether (sulfide) groups is 2. The van der Waals surface area contributed by atoms with Crippen molar-refractivity contribution in [1.82, 2.24) is 44.7 Å². The largest absolute Gasteiger partial charge is 0.477 e. The predicted molar refractivity (Wildman–Crippen MR) is 167 cm³/mol. The third kappa shape index (κ3) is 7.25. The maximum absolute atomic E-state index is 13.3. The topological polar surface area (TPSA) is 207 Å². The molecule has 0 aromatic carbocycles. The van der Waals surface area contributed by atoms with Gasteiger partial charge in [-0.2, -0.15) is 9.36 Å². The van der Waals surface area contributed by atoms with Gasteiger partial charge in [0, 0.05) is 29.6 Å². The number of aromatic nitrogens is 6. The molecule has 2 aromatic rings. The Hall–Kier alpha value is -3.29. The molecule has 4 N–H and O–H groups in total. The van der Waals surface area contributed by atoms with Crippen molar-refractivity contribution < 1.29 is 24.3 Å². The number of hydrogen-bond donors (Lipinski definition) is 3. The summed E-state index contributed by atoms with van der Waals surface area (Å²) in [6, 6.07) is -0.953. The molecule has 6 rings (SSSR count). The van der Waals surface area contributed by atoms with E-state index >= 15 is 0 Å². The number of amides is 2. The lowest BCUT2D eigenvalue weighted by atomic mass is 10.0. The van der Waals surface area contributed by atoms with E-state index in [1.165, 1.54) is 47.7 Å². The second-order valence-electron chi connectivity index (χ2n) is 11.3. The zero-order valence-corrected chi connectivity index (χ0v) is 27.0. The molecule has 1 unspecified atom stereocenters. The molecule has 19 heteroatoms. The van der Waals surface area contributed by atoms with Crippen LogP contribution in [-0.2, 0) is 25.8 Å². The number of carboxylic acids is 1. The number of nitrogens with two attached hydrogens (primary N) is 1. The smallest absolute Gasteiger partial charge is 0.352 e. The lowest BCUT2D eigenvalue weighted by Crippen LogP contribution is -2.71. The molecular formula is C26H35N11O5S3. The first kappa shape index (κ1) is 31.7. The summed E-state index contributed by atoms with van der Waals surface area (Å²) in [5, 5.41) is 29.1. The van der Waals surface area contributed by atoms with Gasteiger partial charge in [0.2, 0.25) is 16.7 Å². The highest BCUT2D eigenvalue weighted by Gasteiger charge is 2.54. The van der Waals surface area contributed by atoms with Crippen molar-refractivity contribution >= 4 is 63.7 Å². The van der Waals surface area contributed by atoms with Crippen molar-refractivity contribution in [3.63, 3.8) is 0 Å². The van der Waals surface area contributed by atoms with Crippen LogP contribution >= 0.6 is 35.1 Å². The van der Waals surface area contributed by atoms with E-state index in [0.29, 0.717) is 28.8 Å². The number of carbonyl (C=O) groups excluding carboxylic acids is 2. The van der Waals surface area contributed by atoms with Crippen molar-refractivity contribution in [2.75, 3.05) is 36.9 Å². The monoisotopic (exact) mass is 677 g/mol. The number of nitrogens with zero attached hydrogens (tertiary/aromatic N) is 9. The molecule has 2 amide bonds. The van der Waals surface area contributed by atoms with E-state index < -0.39 is 29.2 Å². The van der Waals surface area contributed by atoms with Gasteiger partial charge in [-0.1, -0.05) is 23.3 Å².